The third kappa shape index (κ3) is 4.49. The van der Waals surface area contributed by atoms with Crippen LogP contribution < -0.4 is 5.73 Å². The van der Waals surface area contributed by atoms with Crippen LogP contribution in [-0.2, 0) is 6.54 Å². The Hall–Kier alpha value is -0.850. The molecule has 1 aromatic rings. The number of pyridine rings is 1. The average molecular weight is 346 g/mol. The summed E-state index contributed by atoms with van der Waals surface area (Å²) in [6, 6.07) is 3.93. The van der Waals surface area contributed by atoms with Crippen LogP contribution in [0.5, 0.6) is 0 Å². The average Bonchev–Trinajstić information content (AvgIpc) is 2.38. The van der Waals surface area contributed by atoms with Crippen molar-refractivity contribution in [3.8, 4) is 0 Å². The largest absolute Gasteiger partial charge is 0.370 e. The van der Waals surface area contributed by atoms with Crippen molar-refractivity contribution in [2.45, 2.75) is 25.8 Å². The second kappa shape index (κ2) is 7.47. The third-order valence-corrected chi connectivity index (χ3v) is 2.83. The predicted molar refractivity (Wildman–Crippen MR) is 80.4 cm³/mol. The van der Waals surface area contributed by atoms with E-state index in [1.54, 1.807) is 6.20 Å². The van der Waals surface area contributed by atoms with Crippen molar-refractivity contribution >= 4 is 29.9 Å². The lowest BCUT2D eigenvalue weighted by molar-refractivity contribution is 0.338. The zero-order valence-electron chi connectivity index (χ0n) is 9.88. The zero-order valence-corrected chi connectivity index (χ0v) is 12.2. The van der Waals surface area contributed by atoms with E-state index in [-0.39, 0.29) is 24.0 Å². The van der Waals surface area contributed by atoms with Crippen molar-refractivity contribution in [1.82, 2.24) is 9.88 Å². The molecule has 2 heterocycles. The van der Waals surface area contributed by atoms with E-state index in [4.69, 9.17) is 5.73 Å². The fourth-order valence-electron chi connectivity index (χ4n) is 1.89. The fourth-order valence-corrected chi connectivity index (χ4v) is 1.89. The van der Waals surface area contributed by atoms with Crippen LogP contribution in [0.2, 0.25) is 0 Å². The minimum Gasteiger partial charge on any atom is -0.370 e. The van der Waals surface area contributed by atoms with Gasteiger partial charge >= 0.3 is 0 Å². The van der Waals surface area contributed by atoms with Gasteiger partial charge in [0, 0.05) is 25.5 Å². The fraction of sp³-hybridized carbons (Fsp3) is 0.500. The molecule has 4 nitrogen and oxygen atoms in total. The van der Waals surface area contributed by atoms with E-state index in [0.29, 0.717) is 12.5 Å². The van der Waals surface area contributed by atoms with Crippen molar-refractivity contribution < 1.29 is 0 Å². The number of aromatic nitrogens is 1. The normalized spacial score (nSPS) is 16.5. The van der Waals surface area contributed by atoms with Crippen molar-refractivity contribution in [1.29, 1.82) is 0 Å². The molecular formula is C12H19IN4. The lowest BCUT2D eigenvalue weighted by atomic mass is 10.1. The Bertz CT molecular complexity index is 347. The molecule has 1 aromatic heterocycles. The second-order valence-corrected chi connectivity index (χ2v) is 4.08. The number of likely N-dealkylation sites (tertiary alicyclic amines) is 1. The van der Waals surface area contributed by atoms with E-state index >= 15 is 0 Å². The number of rotatable bonds is 2. The number of nitrogens with zero attached hydrogens (tertiary/aromatic N) is 3. The molecule has 0 atom stereocenters. The van der Waals surface area contributed by atoms with E-state index < -0.39 is 0 Å². The van der Waals surface area contributed by atoms with Gasteiger partial charge in [-0.2, -0.15) is 0 Å². The zero-order chi connectivity index (χ0) is 11.2. The smallest absolute Gasteiger partial charge is 0.191 e. The molecule has 1 fully saturated rings. The molecule has 1 saturated heterocycles. The monoisotopic (exact) mass is 346 g/mol. The molecule has 1 aliphatic heterocycles. The van der Waals surface area contributed by atoms with Crippen molar-refractivity contribution in [3.63, 3.8) is 0 Å². The van der Waals surface area contributed by atoms with Gasteiger partial charge in [-0.25, -0.2) is 4.99 Å². The highest BCUT2D eigenvalue weighted by Crippen LogP contribution is 2.08. The lowest BCUT2D eigenvalue weighted by Crippen LogP contribution is -2.40. The van der Waals surface area contributed by atoms with Crippen LogP contribution in [0.4, 0.5) is 0 Å². The molecule has 0 aliphatic carbocycles. The first-order valence-electron chi connectivity index (χ1n) is 5.80. The minimum atomic E-state index is 0. The molecule has 0 unspecified atom stereocenters. The number of aliphatic imine (C=N–C) groups is 1. The SMILES string of the molecule is I.NC(=NCc1cccnc1)N1CCCCC1. The summed E-state index contributed by atoms with van der Waals surface area (Å²) in [4.78, 5) is 10.6. The summed E-state index contributed by atoms with van der Waals surface area (Å²) < 4.78 is 0. The van der Waals surface area contributed by atoms with E-state index in [0.717, 1.165) is 18.7 Å². The highest BCUT2D eigenvalue weighted by atomic mass is 127. The Morgan fingerprint density at radius 1 is 1.35 bits per heavy atom. The summed E-state index contributed by atoms with van der Waals surface area (Å²) in [6.07, 6.45) is 7.35. The molecule has 2 rings (SSSR count). The van der Waals surface area contributed by atoms with Gasteiger partial charge < -0.3 is 10.6 Å². The Labute approximate surface area is 119 Å². The Balaban J connectivity index is 0.00000144. The minimum absolute atomic E-state index is 0. The van der Waals surface area contributed by atoms with Gasteiger partial charge in [-0.15, -0.1) is 24.0 Å². The first-order valence-corrected chi connectivity index (χ1v) is 5.80. The van der Waals surface area contributed by atoms with Gasteiger partial charge in [0.05, 0.1) is 6.54 Å². The Morgan fingerprint density at radius 2 is 2.12 bits per heavy atom. The van der Waals surface area contributed by atoms with Gasteiger partial charge in [-0.05, 0) is 30.9 Å². The first-order chi connectivity index (χ1) is 7.86. The summed E-state index contributed by atoms with van der Waals surface area (Å²) in [5, 5.41) is 0. The quantitative estimate of drug-likeness (QED) is 0.506. The van der Waals surface area contributed by atoms with Gasteiger partial charge in [-0.1, -0.05) is 6.07 Å². The molecule has 94 valence electrons. The highest BCUT2D eigenvalue weighted by Gasteiger charge is 2.11. The van der Waals surface area contributed by atoms with Gasteiger partial charge in [0.25, 0.3) is 0 Å². The first kappa shape index (κ1) is 14.2. The van der Waals surface area contributed by atoms with Gasteiger partial charge in [0.1, 0.15) is 0 Å². The van der Waals surface area contributed by atoms with Crippen LogP contribution in [0.15, 0.2) is 29.5 Å². The summed E-state index contributed by atoms with van der Waals surface area (Å²) in [7, 11) is 0. The maximum absolute atomic E-state index is 5.95. The van der Waals surface area contributed by atoms with Crippen molar-refractivity contribution in [2.75, 3.05) is 13.1 Å². The number of guanidine groups is 1. The summed E-state index contributed by atoms with van der Waals surface area (Å²) >= 11 is 0. The van der Waals surface area contributed by atoms with Gasteiger partial charge in [-0.3, -0.25) is 4.98 Å². The molecule has 0 spiro atoms. The van der Waals surface area contributed by atoms with Crippen molar-refractivity contribution in [2.24, 2.45) is 10.7 Å². The Morgan fingerprint density at radius 3 is 2.76 bits per heavy atom. The molecule has 0 aromatic carbocycles. The van der Waals surface area contributed by atoms with E-state index in [9.17, 15) is 0 Å². The van der Waals surface area contributed by atoms with Crippen LogP contribution in [0.1, 0.15) is 24.8 Å². The number of halogens is 1. The summed E-state index contributed by atoms with van der Waals surface area (Å²) in [5.74, 6) is 0.670. The number of nitrogens with two attached hydrogens (primary N) is 1. The maximum Gasteiger partial charge on any atom is 0.191 e. The van der Waals surface area contributed by atoms with Gasteiger partial charge in [0.15, 0.2) is 5.96 Å². The van der Waals surface area contributed by atoms with Crippen LogP contribution in [0.25, 0.3) is 0 Å². The predicted octanol–water partition coefficient (Wildman–Crippen LogP) is 2.00. The highest BCUT2D eigenvalue weighted by molar-refractivity contribution is 14.0. The molecule has 0 radical (unpaired) electrons. The molecule has 2 N–H and O–H groups in total. The standard InChI is InChI=1S/C12H18N4.HI/c13-12(16-7-2-1-3-8-16)15-10-11-5-4-6-14-9-11;/h4-6,9H,1-3,7-8,10H2,(H2,13,15);1H. The molecule has 0 saturated carbocycles. The third-order valence-electron chi connectivity index (χ3n) is 2.83. The van der Waals surface area contributed by atoms with Crippen LogP contribution in [-0.4, -0.2) is 28.9 Å². The number of hydrogen-bond acceptors (Lipinski definition) is 2. The molecule has 1 aliphatic rings. The molecule has 0 bridgehead atoms. The van der Waals surface area contributed by atoms with Gasteiger partial charge in [0.2, 0.25) is 0 Å². The Kier molecular flexibility index (Phi) is 6.25. The molecular weight excluding hydrogens is 327 g/mol. The van der Waals surface area contributed by atoms with Crippen LogP contribution in [0, 0.1) is 0 Å². The van der Waals surface area contributed by atoms with E-state index in [1.165, 1.54) is 19.3 Å². The topological polar surface area (TPSA) is 54.5 Å². The summed E-state index contributed by atoms with van der Waals surface area (Å²) in [6.45, 7) is 2.71. The maximum atomic E-state index is 5.95. The second-order valence-electron chi connectivity index (χ2n) is 4.08. The van der Waals surface area contributed by atoms with Crippen LogP contribution >= 0.6 is 24.0 Å². The summed E-state index contributed by atoms with van der Waals surface area (Å²) in [5.41, 5.74) is 7.05. The number of piperidine rings is 1. The lowest BCUT2D eigenvalue weighted by Gasteiger charge is -2.27. The van der Waals surface area contributed by atoms with E-state index in [2.05, 4.69) is 14.9 Å². The number of hydrogen-bond donors (Lipinski definition) is 1. The van der Waals surface area contributed by atoms with Crippen LogP contribution in [0.3, 0.4) is 0 Å². The van der Waals surface area contributed by atoms with E-state index in [1.807, 2.05) is 18.3 Å². The molecule has 5 heteroatoms. The van der Waals surface area contributed by atoms with Crippen molar-refractivity contribution in [3.05, 3.63) is 30.1 Å². The molecule has 17 heavy (non-hydrogen) atoms. The molecule has 0 amide bonds.